The number of hydrogen-bond acceptors (Lipinski definition) is 4. The van der Waals surface area contributed by atoms with Gasteiger partial charge in [-0.3, -0.25) is 0 Å². The summed E-state index contributed by atoms with van der Waals surface area (Å²) in [6.07, 6.45) is 2.55. The van der Waals surface area contributed by atoms with E-state index in [4.69, 9.17) is 5.84 Å². The molecule has 0 radical (unpaired) electrons. The molecule has 70 valence electrons. The molecule has 3 N–H and O–H groups in total. The van der Waals surface area contributed by atoms with Crippen molar-refractivity contribution < 1.29 is 0 Å². The van der Waals surface area contributed by atoms with Crippen molar-refractivity contribution >= 4 is 11.6 Å². The smallest absolute Gasteiger partial charge is 0.142 e. The Labute approximate surface area is 77.7 Å². The first-order valence-electron chi connectivity index (χ1n) is 4.48. The summed E-state index contributed by atoms with van der Waals surface area (Å²) >= 11 is 0. The molecule has 13 heavy (non-hydrogen) atoms. The molecule has 1 aromatic heterocycles. The maximum Gasteiger partial charge on any atom is 0.142 e. The van der Waals surface area contributed by atoms with Crippen LogP contribution in [-0.2, 0) is 0 Å². The Bertz CT molecular complexity index is 295. The highest BCUT2D eigenvalue weighted by molar-refractivity contribution is 5.47. The molecule has 4 nitrogen and oxygen atoms in total. The normalized spacial score (nSPS) is 15.5. The van der Waals surface area contributed by atoms with Crippen molar-refractivity contribution in [1.82, 2.24) is 4.98 Å². The third-order valence-electron chi connectivity index (χ3n) is 2.34. The van der Waals surface area contributed by atoms with Crippen LogP contribution >= 0.6 is 0 Å². The van der Waals surface area contributed by atoms with Gasteiger partial charge in [-0.1, -0.05) is 6.07 Å². The second kappa shape index (κ2) is 3.22. The van der Waals surface area contributed by atoms with E-state index in [1.54, 1.807) is 0 Å². The highest BCUT2D eigenvalue weighted by Gasteiger charge is 2.26. The average molecular weight is 178 g/mol. The summed E-state index contributed by atoms with van der Waals surface area (Å²) in [7, 11) is 2.07. The van der Waals surface area contributed by atoms with Crippen LogP contribution in [-0.4, -0.2) is 18.1 Å². The van der Waals surface area contributed by atoms with Gasteiger partial charge < -0.3 is 10.3 Å². The van der Waals surface area contributed by atoms with Crippen molar-refractivity contribution in [2.45, 2.75) is 18.9 Å². The highest BCUT2D eigenvalue weighted by atomic mass is 15.3. The monoisotopic (exact) mass is 178 g/mol. The summed E-state index contributed by atoms with van der Waals surface area (Å²) in [5.74, 6) is 6.98. The predicted molar refractivity (Wildman–Crippen MR) is 53.5 cm³/mol. The van der Waals surface area contributed by atoms with Crippen LogP contribution in [0.4, 0.5) is 11.6 Å². The Hall–Kier alpha value is -1.29. The minimum absolute atomic E-state index is 0.681. The van der Waals surface area contributed by atoms with E-state index in [0.29, 0.717) is 11.9 Å². The van der Waals surface area contributed by atoms with Crippen molar-refractivity contribution in [3.05, 3.63) is 18.2 Å². The van der Waals surface area contributed by atoms with E-state index in [2.05, 4.69) is 22.4 Å². The van der Waals surface area contributed by atoms with Gasteiger partial charge in [0, 0.05) is 13.1 Å². The Morgan fingerprint density at radius 2 is 2.31 bits per heavy atom. The predicted octanol–water partition coefficient (Wildman–Crippen LogP) is 0.966. The molecule has 0 aliphatic heterocycles. The Morgan fingerprint density at radius 3 is 2.92 bits per heavy atom. The van der Waals surface area contributed by atoms with Gasteiger partial charge in [0.1, 0.15) is 11.6 Å². The number of hydrogen-bond donors (Lipinski definition) is 2. The number of nitrogens with two attached hydrogens (primary N) is 1. The van der Waals surface area contributed by atoms with E-state index < -0.39 is 0 Å². The molecule has 0 amide bonds. The fourth-order valence-electron chi connectivity index (χ4n) is 1.35. The second-order valence-corrected chi connectivity index (χ2v) is 3.37. The lowest BCUT2D eigenvalue weighted by atomic mass is 10.4. The fourth-order valence-corrected chi connectivity index (χ4v) is 1.35. The van der Waals surface area contributed by atoms with Crippen molar-refractivity contribution in [2.24, 2.45) is 5.84 Å². The van der Waals surface area contributed by atoms with E-state index in [1.165, 1.54) is 12.8 Å². The third kappa shape index (κ3) is 1.72. The lowest BCUT2D eigenvalue weighted by Crippen LogP contribution is -2.21. The molecule has 4 heteroatoms. The van der Waals surface area contributed by atoms with Gasteiger partial charge in [0.2, 0.25) is 0 Å². The van der Waals surface area contributed by atoms with Gasteiger partial charge in [0.05, 0.1) is 0 Å². The first-order chi connectivity index (χ1) is 6.31. The molecule has 1 fully saturated rings. The molecule has 1 saturated carbocycles. The summed E-state index contributed by atoms with van der Waals surface area (Å²) in [6, 6.07) is 6.49. The zero-order valence-electron chi connectivity index (χ0n) is 7.70. The minimum Gasteiger partial charge on any atom is -0.357 e. The largest absolute Gasteiger partial charge is 0.357 e. The van der Waals surface area contributed by atoms with Crippen LogP contribution in [0.3, 0.4) is 0 Å². The molecule has 0 atom stereocenters. The average Bonchev–Trinajstić information content (AvgIpc) is 3.00. The van der Waals surface area contributed by atoms with Gasteiger partial charge in [-0.15, -0.1) is 0 Å². The number of aromatic nitrogens is 1. The third-order valence-corrected chi connectivity index (χ3v) is 2.34. The van der Waals surface area contributed by atoms with Crippen molar-refractivity contribution in [2.75, 3.05) is 17.4 Å². The fraction of sp³-hybridized carbons (Fsp3) is 0.444. The maximum absolute atomic E-state index is 5.28. The second-order valence-electron chi connectivity index (χ2n) is 3.37. The first-order valence-corrected chi connectivity index (χ1v) is 4.48. The first kappa shape index (κ1) is 8.31. The molecule has 0 aromatic carbocycles. The Kier molecular flexibility index (Phi) is 2.06. The molecular weight excluding hydrogens is 164 g/mol. The van der Waals surface area contributed by atoms with Gasteiger partial charge in [0.15, 0.2) is 0 Å². The van der Waals surface area contributed by atoms with Crippen LogP contribution in [0.2, 0.25) is 0 Å². The Morgan fingerprint density at radius 1 is 1.54 bits per heavy atom. The van der Waals surface area contributed by atoms with Crippen LogP contribution in [0.1, 0.15) is 12.8 Å². The van der Waals surface area contributed by atoms with Crippen LogP contribution in [0, 0.1) is 0 Å². The van der Waals surface area contributed by atoms with E-state index in [-0.39, 0.29) is 0 Å². The molecule has 1 heterocycles. The van der Waals surface area contributed by atoms with Crippen molar-refractivity contribution in [3.8, 4) is 0 Å². The number of hydrazine groups is 1. The van der Waals surface area contributed by atoms with E-state index >= 15 is 0 Å². The zero-order chi connectivity index (χ0) is 9.26. The number of nitrogens with one attached hydrogen (secondary N) is 1. The van der Waals surface area contributed by atoms with Gasteiger partial charge in [-0.05, 0) is 25.0 Å². The standard InChI is InChI=1S/C9H14N4/c1-13(7-5-6-7)9-4-2-3-8(11-9)12-10/h2-4,7H,5-6,10H2,1H3,(H,11,12). The molecule has 0 unspecified atom stereocenters. The van der Waals surface area contributed by atoms with Gasteiger partial charge >= 0.3 is 0 Å². The molecule has 0 bridgehead atoms. The summed E-state index contributed by atoms with van der Waals surface area (Å²) in [4.78, 5) is 6.54. The Balaban J connectivity index is 2.18. The number of pyridine rings is 1. The minimum atomic E-state index is 0.681. The summed E-state index contributed by atoms with van der Waals surface area (Å²) in [6.45, 7) is 0. The van der Waals surface area contributed by atoms with Gasteiger partial charge in [-0.25, -0.2) is 10.8 Å². The van der Waals surface area contributed by atoms with Crippen LogP contribution in [0.5, 0.6) is 0 Å². The van der Waals surface area contributed by atoms with Crippen molar-refractivity contribution in [3.63, 3.8) is 0 Å². The number of nitrogen functional groups attached to an aromatic ring is 1. The lowest BCUT2D eigenvalue weighted by molar-refractivity contribution is 0.892. The lowest BCUT2D eigenvalue weighted by Gasteiger charge is -2.17. The molecule has 1 aromatic rings. The maximum atomic E-state index is 5.28. The molecule has 0 spiro atoms. The van der Waals surface area contributed by atoms with E-state index in [9.17, 15) is 0 Å². The van der Waals surface area contributed by atoms with E-state index in [0.717, 1.165) is 5.82 Å². The molecule has 1 aliphatic rings. The van der Waals surface area contributed by atoms with Crippen molar-refractivity contribution in [1.29, 1.82) is 0 Å². The molecule has 1 aliphatic carbocycles. The quantitative estimate of drug-likeness (QED) is 0.535. The number of nitrogens with zero attached hydrogens (tertiary/aromatic N) is 2. The van der Waals surface area contributed by atoms with Gasteiger partial charge in [-0.2, -0.15) is 0 Å². The molecular formula is C9H14N4. The molecule has 0 saturated heterocycles. The van der Waals surface area contributed by atoms with Crippen LogP contribution < -0.4 is 16.2 Å². The summed E-state index contributed by atoms with van der Waals surface area (Å²) in [5.41, 5.74) is 2.54. The van der Waals surface area contributed by atoms with Gasteiger partial charge in [0.25, 0.3) is 0 Å². The summed E-state index contributed by atoms with van der Waals surface area (Å²) in [5, 5.41) is 0. The number of anilines is 2. The topological polar surface area (TPSA) is 54.2 Å². The highest BCUT2D eigenvalue weighted by Crippen LogP contribution is 2.29. The molecule has 2 rings (SSSR count). The zero-order valence-corrected chi connectivity index (χ0v) is 7.70. The number of rotatable bonds is 3. The summed E-state index contributed by atoms with van der Waals surface area (Å²) < 4.78 is 0. The SMILES string of the molecule is CN(c1cccc(NN)n1)C1CC1. The van der Waals surface area contributed by atoms with Crippen LogP contribution in [0.15, 0.2) is 18.2 Å². The van der Waals surface area contributed by atoms with E-state index in [1.807, 2.05) is 18.2 Å². The van der Waals surface area contributed by atoms with Crippen LogP contribution in [0.25, 0.3) is 0 Å².